The highest BCUT2D eigenvalue weighted by Gasteiger charge is 2.28. The Morgan fingerprint density at radius 3 is 2.84 bits per heavy atom. The molecule has 1 atom stereocenters. The molecule has 0 bridgehead atoms. The Morgan fingerprint density at radius 1 is 1.47 bits per heavy atom. The van der Waals surface area contributed by atoms with E-state index in [2.05, 4.69) is 0 Å². The lowest BCUT2D eigenvalue weighted by Crippen LogP contribution is -2.42. The van der Waals surface area contributed by atoms with E-state index in [9.17, 15) is 25.1 Å². The van der Waals surface area contributed by atoms with Crippen LogP contribution in [0.1, 0.15) is 23.2 Å². The number of aliphatic hydroxyl groups is 1. The zero-order valence-electron chi connectivity index (χ0n) is 10.2. The van der Waals surface area contributed by atoms with Crippen molar-refractivity contribution in [2.24, 2.45) is 0 Å². The molecular formula is C12H14N2O5. The van der Waals surface area contributed by atoms with Crippen LogP contribution in [0.3, 0.4) is 0 Å². The summed E-state index contributed by atoms with van der Waals surface area (Å²) in [6.45, 7) is 0.606. The van der Waals surface area contributed by atoms with Gasteiger partial charge in [0, 0.05) is 19.2 Å². The van der Waals surface area contributed by atoms with Gasteiger partial charge in [0.05, 0.1) is 11.0 Å². The maximum atomic E-state index is 12.2. The Bertz CT molecular complexity index is 517. The summed E-state index contributed by atoms with van der Waals surface area (Å²) in [6, 6.07) is 3.35. The van der Waals surface area contributed by atoms with Crippen LogP contribution in [0.5, 0.6) is 5.75 Å². The number of aromatic hydroxyl groups is 1. The summed E-state index contributed by atoms with van der Waals surface area (Å²) in [4.78, 5) is 23.8. The van der Waals surface area contributed by atoms with Crippen LogP contribution >= 0.6 is 0 Å². The maximum Gasteiger partial charge on any atom is 0.282 e. The van der Waals surface area contributed by atoms with Crippen LogP contribution in [-0.4, -0.2) is 45.1 Å². The van der Waals surface area contributed by atoms with Crippen molar-refractivity contribution in [3.05, 3.63) is 33.9 Å². The number of phenolic OH excluding ortho intramolecular Hbond substituents is 1. The van der Waals surface area contributed by atoms with Crippen LogP contribution in [-0.2, 0) is 0 Å². The molecule has 7 heteroatoms. The van der Waals surface area contributed by atoms with Gasteiger partial charge in [0.2, 0.25) is 0 Å². The molecular weight excluding hydrogens is 252 g/mol. The van der Waals surface area contributed by atoms with Crippen LogP contribution in [0, 0.1) is 10.1 Å². The molecule has 0 saturated carbocycles. The van der Waals surface area contributed by atoms with Crippen LogP contribution in [0.2, 0.25) is 0 Å². The first-order valence-corrected chi connectivity index (χ1v) is 5.94. The molecule has 0 aliphatic carbocycles. The minimum atomic E-state index is -0.660. The molecule has 1 fully saturated rings. The summed E-state index contributed by atoms with van der Waals surface area (Å²) in [5.74, 6) is -0.743. The van der Waals surface area contributed by atoms with E-state index in [1.165, 1.54) is 11.0 Å². The van der Waals surface area contributed by atoms with Crippen molar-refractivity contribution in [2.75, 3.05) is 13.1 Å². The molecule has 1 aromatic carbocycles. The number of likely N-dealkylation sites (tertiary alicyclic amines) is 1. The third-order valence-corrected chi connectivity index (χ3v) is 3.09. The molecule has 1 amide bonds. The van der Waals surface area contributed by atoms with E-state index in [1.54, 1.807) is 0 Å². The molecule has 2 N–H and O–H groups in total. The van der Waals surface area contributed by atoms with Gasteiger partial charge in [-0.15, -0.1) is 0 Å². The first kappa shape index (κ1) is 13.3. The number of nitro groups is 1. The number of benzene rings is 1. The number of nitrogens with zero attached hydrogens (tertiary/aromatic N) is 2. The number of β-amino-alcohol motifs (C(OH)–C–C–N with tert-alkyl or cyclic N) is 1. The molecule has 1 aromatic rings. The highest BCUT2D eigenvalue weighted by atomic mass is 16.6. The largest absolute Gasteiger partial charge is 0.508 e. The summed E-state index contributed by atoms with van der Waals surface area (Å²) in [5.41, 5.74) is -0.498. The Balaban J connectivity index is 2.32. The van der Waals surface area contributed by atoms with Gasteiger partial charge in [-0.25, -0.2) is 0 Å². The van der Waals surface area contributed by atoms with Crippen molar-refractivity contribution in [3.63, 3.8) is 0 Å². The van der Waals surface area contributed by atoms with Gasteiger partial charge >= 0.3 is 0 Å². The minimum absolute atomic E-state index is 0.154. The lowest BCUT2D eigenvalue weighted by atomic mass is 10.1. The molecule has 1 heterocycles. The quantitative estimate of drug-likeness (QED) is 0.611. The highest BCUT2D eigenvalue weighted by Crippen LogP contribution is 2.25. The third-order valence-electron chi connectivity index (χ3n) is 3.09. The summed E-state index contributed by atoms with van der Waals surface area (Å²) in [7, 11) is 0. The number of carbonyl (C=O) groups is 1. The second kappa shape index (κ2) is 5.23. The van der Waals surface area contributed by atoms with E-state index in [4.69, 9.17) is 0 Å². The summed E-state index contributed by atoms with van der Waals surface area (Å²) in [5, 5.41) is 29.8. The third kappa shape index (κ3) is 2.82. The zero-order chi connectivity index (χ0) is 14.0. The number of aliphatic hydroxyl groups excluding tert-OH is 1. The zero-order valence-corrected chi connectivity index (χ0v) is 10.2. The average molecular weight is 266 g/mol. The van der Waals surface area contributed by atoms with Crippen LogP contribution < -0.4 is 0 Å². The van der Waals surface area contributed by atoms with Crippen molar-refractivity contribution in [3.8, 4) is 5.75 Å². The van der Waals surface area contributed by atoms with Crippen LogP contribution in [0.25, 0.3) is 0 Å². The molecule has 102 valence electrons. The fourth-order valence-electron chi connectivity index (χ4n) is 2.16. The summed E-state index contributed by atoms with van der Waals surface area (Å²) in [6.07, 6.45) is 0.667. The fourth-order valence-corrected chi connectivity index (χ4v) is 2.16. The van der Waals surface area contributed by atoms with E-state index in [0.29, 0.717) is 19.4 Å². The second-order valence-electron chi connectivity index (χ2n) is 4.51. The van der Waals surface area contributed by atoms with Crippen molar-refractivity contribution in [2.45, 2.75) is 18.9 Å². The summed E-state index contributed by atoms with van der Waals surface area (Å²) >= 11 is 0. The Morgan fingerprint density at radius 2 is 2.21 bits per heavy atom. The van der Waals surface area contributed by atoms with Crippen molar-refractivity contribution in [1.29, 1.82) is 0 Å². The molecule has 2 rings (SSSR count). The molecule has 1 aliphatic rings. The van der Waals surface area contributed by atoms with Crippen molar-refractivity contribution in [1.82, 2.24) is 4.90 Å². The second-order valence-corrected chi connectivity index (χ2v) is 4.51. The number of hydrogen-bond donors (Lipinski definition) is 2. The Kier molecular flexibility index (Phi) is 3.66. The number of piperidine rings is 1. The van der Waals surface area contributed by atoms with Crippen LogP contribution in [0.4, 0.5) is 5.69 Å². The first-order chi connectivity index (χ1) is 8.99. The molecule has 0 spiro atoms. The lowest BCUT2D eigenvalue weighted by molar-refractivity contribution is -0.385. The molecule has 1 aliphatic heterocycles. The first-order valence-electron chi connectivity index (χ1n) is 5.94. The van der Waals surface area contributed by atoms with E-state index < -0.39 is 16.9 Å². The predicted molar refractivity (Wildman–Crippen MR) is 65.9 cm³/mol. The smallest absolute Gasteiger partial charge is 0.282 e. The normalized spacial score (nSPS) is 19.2. The molecule has 1 unspecified atom stereocenters. The minimum Gasteiger partial charge on any atom is -0.508 e. The number of rotatable bonds is 2. The molecule has 1 saturated heterocycles. The fraction of sp³-hybridized carbons (Fsp3) is 0.417. The number of nitro benzene ring substituents is 1. The summed E-state index contributed by atoms with van der Waals surface area (Å²) < 4.78 is 0. The van der Waals surface area contributed by atoms with Gasteiger partial charge in [0.1, 0.15) is 11.3 Å². The van der Waals surface area contributed by atoms with E-state index in [-0.39, 0.29) is 23.5 Å². The highest BCUT2D eigenvalue weighted by molar-refractivity contribution is 5.98. The van der Waals surface area contributed by atoms with Crippen molar-refractivity contribution >= 4 is 11.6 Å². The van der Waals surface area contributed by atoms with Gasteiger partial charge in [0.15, 0.2) is 0 Å². The predicted octanol–water partition coefficient (Wildman–Crippen LogP) is 0.897. The van der Waals surface area contributed by atoms with Gasteiger partial charge < -0.3 is 15.1 Å². The van der Waals surface area contributed by atoms with Gasteiger partial charge in [-0.05, 0) is 25.0 Å². The Labute approximate surface area is 109 Å². The number of carbonyl (C=O) groups excluding carboxylic acids is 1. The maximum absolute atomic E-state index is 12.2. The standard InChI is InChI=1S/C12H14N2O5/c15-8-3-4-11(14(18)19)10(6-8)12(17)13-5-1-2-9(16)7-13/h3-4,6,9,15-16H,1-2,5,7H2. The van der Waals surface area contributed by atoms with E-state index in [0.717, 1.165) is 12.1 Å². The van der Waals surface area contributed by atoms with Gasteiger partial charge in [-0.3, -0.25) is 14.9 Å². The van der Waals surface area contributed by atoms with Gasteiger partial charge in [0.25, 0.3) is 11.6 Å². The SMILES string of the molecule is O=C(c1cc(O)ccc1[N+](=O)[O-])N1CCCC(O)C1. The topological polar surface area (TPSA) is 104 Å². The average Bonchev–Trinajstić information content (AvgIpc) is 2.37. The van der Waals surface area contributed by atoms with Gasteiger partial charge in [-0.2, -0.15) is 0 Å². The number of amides is 1. The van der Waals surface area contributed by atoms with E-state index in [1.807, 2.05) is 0 Å². The molecule has 0 radical (unpaired) electrons. The monoisotopic (exact) mass is 266 g/mol. The molecule has 0 aromatic heterocycles. The number of hydrogen-bond acceptors (Lipinski definition) is 5. The van der Waals surface area contributed by atoms with E-state index >= 15 is 0 Å². The van der Waals surface area contributed by atoms with Crippen molar-refractivity contribution < 1.29 is 19.9 Å². The molecule has 19 heavy (non-hydrogen) atoms. The lowest BCUT2D eigenvalue weighted by Gasteiger charge is -2.30. The van der Waals surface area contributed by atoms with Gasteiger partial charge in [-0.1, -0.05) is 0 Å². The number of phenols is 1. The van der Waals surface area contributed by atoms with Crippen LogP contribution in [0.15, 0.2) is 18.2 Å². The molecule has 7 nitrogen and oxygen atoms in total. The Hall–Kier alpha value is -2.15.